The van der Waals surface area contributed by atoms with Crippen LogP contribution in [-0.2, 0) is 14.2 Å². The number of carbonyl (C=O) groups is 1. The van der Waals surface area contributed by atoms with Crippen LogP contribution in [0.15, 0.2) is 6.07 Å². The van der Waals surface area contributed by atoms with Crippen LogP contribution in [0.1, 0.15) is 29.8 Å². The summed E-state index contributed by atoms with van der Waals surface area (Å²) in [5, 5.41) is 71.3. The number of benzene rings is 1. The number of Topliss-reactive ketones (excluding diaryl/α,β-unsaturated/α-hetero) is 1. The largest absolute Gasteiger partial charge is 0.507 e. The molecule has 2 saturated heterocycles. The zero-order valence-corrected chi connectivity index (χ0v) is 19.6. The van der Waals surface area contributed by atoms with E-state index in [0.29, 0.717) is 0 Å². The number of rotatable bonds is 7. The molecule has 2 aliphatic heterocycles. The fourth-order valence-electron chi connectivity index (χ4n) is 3.96. The molecule has 0 radical (unpaired) electrons. The van der Waals surface area contributed by atoms with Crippen molar-refractivity contribution in [3.05, 3.63) is 17.2 Å². The number of ketones is 1. The lowest BCUT2D eigenvalue weighted by molar-refractivity contribution is -0.318. The molecule has 2 heterocycles. The summed E-state index contributed by atoms with van der Waals surface area (Å²) in [6.45, 7) is 3.72. The minimum absolute atomic E-state index is 0.0136. The highest BCUT2D eigenvalue weighted by atomic mass is 16.7. The van der Waals surface area contributed by atoms with Crippen LogP contribution in [0.3, 0.4) is 0 Å². The second-order valence-corrected chi connectivity index (χ2v) is 8.63. The van der Waals surface area contributed by atoms with Crippen molar-refractivity contribution in [2.45, 2.75) is 82.2 Å². The second kappa shape index (κ2) is 10.9. The van der Waals surface area contributed by atoms with Gasteiger partial charge in [-0.1, -0.05) is 0 Å². The lowest BCUT2D eigenvalue weighted by Gasteiger charge is -2.42. The van der Waals surface area contributed by atoms with E-state index in [9.17, 15) is 40.5 Å². The maximum Gasteiger partial charge on any atom is 0.229 e. The lowest BCUT2D eigenvalue weighted by atomic mass is 9.98. The Hall–Kier alpha value is -2.07. The van der Waals surface area contributed by atoms with Crippen molar-refractivity contribution in [1.29, 1.82) is 0 Å². The van der Waals surface area contributed by atoms with Gasteiger partial charge in [0, 0.05) is 11.6 Å². The second-order valence-electron chi connectivity index (χ2n) is 8.63. The minimum Gasteiger partial charge on any atom is -0.507 e. The zero-order valence-electron chi connectivity index (χ0n) is 19.6. The molecule has 0 aliphatic carbocycles. The smallest absolute Gasteiger partial charge is 0.229 e. The Kier molecular flexibility index (Phi) is 8.57. The quantitative estimate of drug-likeness (QED) is 0.200. The normalized spacial score (nSPS) is 37.7. The van der Waals surface area contributed by atoms with Crippen molar-refractivity contribution in [2.75, 3.05) is 13.7 Å². The molecule has 0 aromatic heterocycles. The third kappa shape index (κ3) is 5.38. The first-order chi connectivity index (χ1) is 16.4. The predicted octanol–water partition coefficient (Wildman–Crippen LogP) is -2.06. The highest BCUT2D eigenvalue weighted by molar-refractivity contribution is 6.00. The average Bonchev–Trinajstić information content (AvgIpc) is 2.82. The number of ether oxygens (including phenoxy) is 5. The van der Waals surface area contributed by atoms with Crippen molar-refractivity contribution in [3.8, 4) is 17.2 Å². The maximum absolute atomic E-state index is 11.9. The van der Waals surface area contributed by atoms with E-state index in [-0.39, 0.29) is 22.6 Å². The van der Waals surface area contributed by atoms with Gasteiger partial charge in [0.25, 0.3) is 0 Å². The summed E-state index contributed by atoms with van der Waals surface area (Å²) >= 11 is 0. The van der Waals surface area contributed by atoms with Crippen LogP contribution in [0.25, 0.3) is 0 Å². The van der Waals surface area contributed by atoms with Crippen LogP contribution in [0.5, 0.6) is 17.2 Å². The van der Waals surface area contributed by atoms with Gasteiger partial charge in [-0.2, -0.15) is 0 Å². The molecular formula is C22H32O13. The molecule has 0 saturated carbocycles. The Morgan fingerprint density at radius 3 is 2.11 bits per heavy atom. The van der Waals surface area contributed by atoms with Crippen molar-refractivity contribution < 1.29 is 64.2 Å². The maximum atomic E-state index is 11.9. The van der Waals surface area contributed by atoms with E-state index < -0.39 is 79.6 Å². The number of hydrogen-bond donors (Lipinski definition) is 7. The molecule has 0 unspecified atom stereocenters. The van der Waals surface area contributed by atoms with Crippen LogP contribution in [0, 0.1) is 6.92 Å². The van der Waals surface area contributed by atoms with Gasteiger partial charge in [-0.05, 0) is 20.8 Å². The lowest BCUT2D eigenvalue weighted by Crippen LogP contribution is -2.61. The summed E-state index contributed by atoms with van der Waals surface area (Å²) in [7, 11) is 1.29. The molecule has 13 heteroatoms. The van der Waals surface area contributed by atoms with Gasteiger partial charge in [-0.3, -0.25) is 4.79 Å². The Bertz CT molecular complexity index is 908. The molecule has 13 nitrogen and oxygen atoms in total. The molecule has 0 amide bonds. The van der Waals surface area contributed by atoms with Gasteiger partial charge in [-0.15, -0.1) is 0 Å². The van der Waals surface area contributed by atoms with Gasteiger partial charge in [-0.25, -0.2) is 0 Å². The molecule has 2 fully saturated rings. The molecule has 1 aromatic rings. The Morgan fingerprint density at radius 1 is 0.914 bits per heavy atom. The Labute approximate surface area is 201 Å². The van der Waals surface area contributed by atoms with E-state index >= 15 is 0 Å². The zero-order chi connectivity index (χ0) is 26.2. The van der Waals surface area contributed by atoms with Gasteiger partial charge < -0.3 is 59.4 Å². The number of aliphatic hydroxyl groups is 6. The van der Waals surface area contributed by atoms with E-state index in [1.165, 1.54) is 33.9 Å². The topological polar surface area (TPSA) is 205 Å². The van der Waals surface area contributed by atoms with Crippen molar-refractivity contribution in [1.82, 2.24) is 0 Å². The number of phenolic OH excluding ortho intramolecular Hbond substituents is 1. The van der Waals surface area contributed by atoms with Gasteiger partial charge in [0.1, 0.15) is 65.5 Å². The van der Waals surface area contributed by atoms with Crippen molar-refractivity contribution in [2.24, 2.45) is 0 Å². The molecule has 0 spiro atoms. The fraction of sp³-hybridized carbons (Fsp3) is 0.682. The molecule has 1 aromatic carbocycles. The number of methoxy groups -OCH3 is 1. The number of hydrogen-bond acceptors (Lipinski definition) is 13. The Balaban J connectivity index is 1.76. The van der Waals surface area contributed by atoms with Crippen molar-refractivity contribution in [3.63, 3.8) is 0 Å². The van der Waals surface area contributed by atoms with E-state index in [2.05, 4.69) is 0 Å². The highest BCUT2D eigenvalue weighted by Gasteiger charge is 2.47. The van der Waals surface area contributed by atoms with Crippen LogP contribution >= 0.6 is 0 Å². The minimum atomic E-state index is -1.72. The van der Waals surface area contributed by atoms with Crippen LogP contribution in [-0.4, -0.2) is 117 Å². The average molecular weight is 504 g/mol. The summed E-state index contributed by atoms with van der Waals surface area (Å²) in [4.78, 5) is 11.9. The molecule has 3 rings (SSSR count). The third-order valence-electron chi connectivity index (χ3n) is 6.19. The molecule has 0 bridgehead atoms. The SMILES string of the molecule is COc1cc(O[C@@H]2O[C@H](CO[C@@H]3O[C@@H](C)[C@H](O)[C@@H](O)[C@H]3O)[C@@H](O)[C@H](O)[C@H]2O)c(C)c(O)c1C(C)=O. The Morgan fingerprint density at radius 2 is 1.51 bits per heavy atom. The molecule has 35 heavy (non-hydrogen) atoms. The van der Waals surface area contributed by atoms with E-state index in [1.807, 2.05) is 0 Å². The summed E-state index contributed by atoms with van der Waals surface area (Å²) in [6.07, 6.45) is -14.6. The van der Waals surface area contributed by atoms with Crippen LogP contribution in [0.4, 0.5) is 0 Å². The third-order valence-corrected chi connectivity index (χ3v) is 6.19. The predicted molar refractivity (Wildman–Crippen MR) is 115 cm³/mol. The molecule has 198 valence electrons. The van der Waals surface area contributed by atoms with E-state index in [4.69, 9.17) is 23.7 Å². The number of carbonyl (C=O) groups excluding carboxylic acids is 1. The summed E-state index contributed by atoms with van der Waals surface area (Å²) < 4.78 is 27.2. The number of phenols is 1. The van der Waals surface area contributed by atoms with Crippen LogP contribution in [0.2, 0.25) is 0 Å². The fourth-order valence-corrected chi connectivity index (χ4v) is 3.96. The van der Waals surface area contributed by atoms with Gasteiger partial charge in [0.05, 0.1) is 19.8 Å². The summed E-state index contributed by atoms with van der Waals surface area (Å²) in [6, 6.07) is 1.31. The summed E-state index contributed by atoms with van der Waals surface area (Å²) in [5.74, 6) is -0.845. The van der Waals surface area contributed by atoms with E-state index in [1.54, 1.807) is 0 Å². The summed E-state index contributed by atoms with van der Waals surface area (Å²) in [5.41, 5.74) is 0.0808. The highest BCUT2D eigenvalue weighted by Crippen LogP contribution is 2.39. The first-order valence-electron chi connectivity index (χ1n) is 11.0. The van der Waals surface area contributed by atoms with E-state index in [0.717, 1.165) is 0 Å². The number of aromatic hydroxyl groups is 1. The van der Waals surface area contributed by atoms with Crippen LogP contribution < -0.4 is 9.47 Å². The molecule has 10 atom stereocenters. The van der Waals surface area contributed by atoms with Crippen molar-refractivity contribution >= 4 is 5.78 Å². The first-order valence-corrected chi connectivity index (χ1v) is 11.0. The number of aliphatic hydroxyl groups excluding tert-OH is 6. The molecule has 7 N–H and O–H groups in total. The monoisotopic (exact) mass is 504 g/mol. The standard InChI is InChI=1S/C22H32O13/c1-7-10(5-11(31-4)13(8(2)23)14(7)24)34-22-20(30)18(28)16(26)12(35-22)6-32-21-19(29)17(27)15(25)9(3)33-21/h5,9,12,15-22,24-30H,6H2,1-4H3/t9-,12+,15-,16+,17+,18-,19+,20+,21+,22+/m0/s1. The van der Waals surface area contributed by atoms with Gasteiger partial charge >= 0.3 is 0 Å². The molecular weight excluding hydrogens is 472 g/mol. The first kappa shape index (κ1) is 27.5. The molecule has 2 aliphatic rings. The van der Waals surface area contributed by atoms with Gasteiger partial charge in [0.15, 0.2) is 12.1 Å². The van der Waals surface area contributed by atoms with Gasteiger partial charge in [0.2, 0.25) is 6.29 Å².